The Balaban J connectivity index is 2.21. The molecule has 2 N–H and O–H groups in total. The molecular weight excluding hydrogens is 246 g/mol. The first kappa shape index (κ1) is 13.4. The van der Waals surface area contributed by atoms with Crippen LogP contribution >= 0.6 is 23.4 Å². The number of carbonyl (C=O) groups is 1. The van der Waals surface area contributed by atoms with Crippen LogP contribution in [0.3, 0.4) is 0 Å². The van der Waals surface area contributed by atoms with Gasteiger partial charge in [-0.2, -0.15) is 0 Å². The van der Waals surface area contributed by atoms with Crippen molar-refractivity contribution in [2.75, 3.05) is 12.3 Å². The molecule has 0 saturated heterocycles. The lowest BCUT2D eigenvalue weighted by Gasteiger charge is -2.06. The van der Waals surface area contributed by atoms with Gasteiger partial charge in [-0.3, -0.25) is 4.79 Å². The molecule has 3 nitrogen and oxygen atoms in total. The Labute approximate surface area is 104 Å². The average Bonchev–Trinajstić information content (AvgIpc) is 2.26. The van der Waals surface area contributed by atoms with Gasteiger partial charge in [0, 0.05) is 22.2 Å². The molecule has 0 fully saturated rings. The van der Waals surface area contributed by atoms with E-state index in [4.69, 9.17) is 16.7 Å². The number of benzene rings is 1. The van der Waals surface area contributed by atoms with E-state index in [1.807, 2.05) is 24.3 Å². The van der Waals surface area contributed by atoms with Gasteiger partial charge in [0.15, 0.2) is 0 Å². The molecule has 0 aliphatic rings. The maximum atomic E-state index is 11.0. The smallest absolute Gasteiger partial charge is 0.248 e. The molecule has 0 aliphatic heterocycles. The van der Waals surface area contributed by atoms with Gasteiger partial charge in [0.2, 0.25) is 5.91 Å². The van der Waals surface area contributed by atoms with Crippen molar-refractivity contribution in [2.45, 2.75) is 17.9 Å². The number of carbonyl (C=O) groups excluding carboxylic acids is 1. The summed E-state index contributed by atoms with van der Waals surface area (Å²) in [6.45, 7) is 1.98. The lowest BCUT2D eigenvalue weighted by molar-refractivity contribution is -0.128. The van der Waals surface area contributed by atoms with Crippen LogP contribution in [0.15, 0.2) is 29.2 Å². The van der Waals surface area contributed by atoms with Gasteiger partial charge in [0.1, 0.15) is 6.10 Å². The third-order valence-electron chi connectivity index (χ3n) is 1.86. The standard InChI is InChI=1S/C11H14ClNO2S/c1-8(14)11(15)13-6-7-16-10-4-2-9(12)3-5-10/h2-5,8,14H,6-7H2,1H3,(H,13,15). The van der Waals surface area contributed by atoms with E-state index in [0.29, 0.717) is 11.6 Å². The summed E-state index contributed by atoms with van der Waals surface area (Å²) in [6.07, 6.45) is -0.944. The van der Waals surface area contributed by atoms with Crippen LogP contribution in [0.2, 0.25) is 5.02 Å². The number of thioether (sulfide) groups is 1. The predicted molar refractivity (Wildman–Crippen MR) is 66.9 cm³/mol. The molecule has 5 heteroatoms. The number of hydrogen-bond donors (Lipinski definition) is 2. The van der Waals surface area contributed by atoms with Crippen LogP contribution in [-0.4, -0.2) is 29.4 Å². The minimum atomic E-state index is -0.944. The number of rotatable bonds is 5. The van der Waals surface area contributed by atoms with Gasteiger partial charge in [-0.1, -0.05) is 11.6 Å². The fraction of sp³-hybridized carbons (Fsp3) is 0.364. The normalized spacial score (nSPS) is 12.2. The average molecular weight is 260 g/mol. The van der Waals surface area contributed by atoms with Gasteiger partial charge in [-0.05, 0) is 31.2 Å². The zero-order valence-electron chi connectivity index (χ0n) is 8.94. The molecule has 1 rings (SSSR count). The summed E-state index contributed by atoms with van der Waals surface area (Å²) >= 11 is 7.38. The highest BCUT2D eigenvalue weighted by molar-refractivity contribution is 7.99. The van der Waals surface area contributed by atoms with Crippen LogP contribution in [0.5, 0.6) is 0 Å². The number of aliphatic hydroxyl groups excluding tert-OH is 1. The van der Waals surface area contributed by atoms with Gasteiger partial charge < -0.3 is 10.4 Å². The molecule has 1 amide bonds. The highest BCUT2D eigenvalue weighted by Crippen LogP contribution is 2.19. The first-order valence-corrected chi connectivity index (χ1v) is 6.30. The van der Waals surface area contributed by atoms with E-state index < -0.39 is 6.10 Å². The van der Waals surface area contributed by atoms with E-state index in [0.717, 1.165) is 10.6 Å². The lowest BCUT2D eigenvalue weighted by atomic mass is 10.4. The molecule has 0 aromatic heterocycles. The second-order valence-corrected chi connectivity index (χ2v) is 4.87. The SMILES string of the molecule is CC(O)C(=O)NCCSc1ccc(Cl)cc1. The third kappa shape index (κ3) is 4.88. The summed E-state index contributed by atoms with van der Waals surface area (Å²) in [5.41, 5.74) is 0. The highest BCUT2D eigenvalue weighted by Gasteiger charge is 2.06. The van der Waals surface area contributed by atoms with Gasteiger partial charge in [0.25, 0.3) is 0 Å². The molecule has 0 aliphatic carbocycles. The summed E-state index contributed by atoms with van der Waals surface area (Å²) in [6, 6.07) is 7.53. The number of aliphatic hydroxyl groups is 1. The summed E-state index contributed by atoms with van der Waals surface area (Å²) in [5, 5.41) is 12.3. The number of hydrogen-bond acceptors (Lipinski definition) is 3. The molecule has 1 atom stereocenters. The van der Waals surface area contributed by atoms with E-state index in [-0.39, 0.29) is 5.91 Å². The van der Waals surface area contributed by atoms with Crippen LogP contribution in [0.4, 0.5) is 0 Å². The molecule has 88 valence electrons. The first-order chi connectivity index (χ1) is 7.59. The Morgan fingerprint density at radius 1 is 1.50 bits per heavy atom. The molecule has 0 radical (unpaired) electrons. The minimum absolute atomic E-state index is 0.336. The number of halogens is 1. The van der Waals surface area contributed by atoms with E-state index in [9.17, 15) is 4.79 Å². The first-order valence-electron chi connectivity index (χ1n) is 4.94. The Kier molecular flexibility index (Phi) is 5.66. The summed E-state index contributed by atoms with van der Waals surface area (Å²) in [4.78, 5) is 12.1. The van der Waals surface area contributed by atoms with Crippen LogP contribution in [0.25, 0.3) is 0 Å². The van der Waals surface area contributed by atoms with Crippen LogP contribution < -0.4 is 5.32 Å². The van der Waals surface area contributed by atoms with E-state index in [2.05, 4.69) is 5.32 Å². The van der Waals surface area contributed by atoms with Crippen LogP contribution in [0, 0.1) is 0 Å². The molecule has 1 unspecified atom stereocenters. The maximum Gasteiger partial charge on any atom is 0.248 e. The third-order valence-corrected chi connectivity index (χ3v) is 3.13. The zero-order chi connectivity index (χ0) is 12.0. The van der Waals surface area contributed by atoms with Gasteiger partial charge in [-0.25, -0.2) is 0 Å². The van der Waals surface area contributed by atoms with Gasteiger partial charge >= 0.3 is 0 Å². The summed E-state index contributed by atoms with van der Waals surface area (Å²) in [5.74, 6) is 0.428. The van der Waals surface area contributed by atoms with Crippen molar-refractivity contribution in [1.29, 1.82) is 0 Å². The van der Waals surface area contributed by atoms with Crippen molar-refractivity contribution in [3.63, 3.8) is 0 Å². The van der Waals surface area contributed by atoms with E-state index in [1.165, 1.54) is 6.92 Å². The van der Waals surface area contributed by atoms with Crippen molar-refractivity contribution < 1.29 is 9.90 Å². The predicted octanol–water partition coefficient (Wildman–Crippen LogP) is 1.93. The Morgan fingerprint density at radius 2 is 2.12 bits per heavy atom. The van der Waals surface area contributed by atoms with Gasteiger partial charge in [-0.15, -0.1) is 11.8 Å². The molecule has 0 saturated carbocycles. The lowest BCUT2D eigenvalue weighted by Crippen LogP contribution is -2.33. The van der Waals surface area contributed by atoms with Crippen LogP contribution in [0.1, 0.15) is 6.92 Å². The molecule has 1 aromatic carbocycles. The van der Waals surface area contributed by atoms with Crippen molar-refractivity contribution in [3.8, 4) is 0 Å². The van der Waals surface area contributed by atoms with Crippen molar-refractivity contribution in [3.05, 3.63) is 29.3 Å². The van der Waals surface area contributed by atoms with Crippen LogP contribution in [-0.2, 0) is 4.79 Å². The Bertz CT molecular complexity index is 340. The summed E-state index contributed by atoms with van der Waals surface area (Å²) in [7, 11) is 0. The largest absolute Gasteiger partial charge is 0.384 e. The molecule has 0 spiro atoms. The quantitative estimate of drug-likeness (QED) is 0.628. The Morgan fingerprint density at radius 3 is 2.69 bits per heavy atom. The molecule has 16 heavy (non-hydrogen) atoms. The zero-order valence-corrected chi connectivity index (χ0v) is 10.5. The summed E-state index contributed by atoms with van der Waals surface area (Å²) < 4.78 is 0. The van der Waals surface area contributed by atoms with Crippen molar-refractivity contribution in [1.82, 2.24) is 5.32 Å². The molecule has 0 bridgehead atoms. The molecular formula is C11H14ClNO2S. The highest BCUT2D eigenvalue weighted by atomic mass is 35.5. The fourth-order valence-corrected chi connectivity index (χ4v) is 1.92. The van der Waals surface area contributed by atoms with Gasteiger partial charge in [0.05, 0.1) is 0 Å². The minimum Gasteiger partial charge on any atom is -0.384 e. The molecule has 0 heterocycles. The van der Waals surface area contributed by atoms with E-state index in [1.54, 1.807) is 11.8 Å². The molecule has 1 aromatic rings. The topological polar surface area (TPSA) is 49.3 Å². The Hall–Kier alpha value is -0.710. The van der Waals surface area contributed by atoms with Crippen molar-refractivity contribution >= 4 is 29.3 Å². The maximum absolute atomic E-state index is 11.0. The second-order valence-electron chi connectivity index (χ2n) is 3.27. The van der Waals surface area contributed by atoms with Crippen molar-refractivity contribution in [2.24, 2.45) is 0 Å². The fourth-order valence-electron chi connectivity index (χ4n) is 1.02. The number of amides is 1. The monoisotopic (exact) mass is 259 g/mol. The number of nitrogens with one attached hydrogen (secondary N) is 1. The second kappa shape index (κ2) is 6.78. The van der Waals surface area contributed by atoms with E-state index >= 15 is 0 Å².